The van der Waals surface area contributed by atoms with Crippen LogP contribution >= 0.6 is 0 Å². The average molecular weight is 281 g/mol. The van der Waals surface area contributed by atoms with Crippen molar-refractivity contribution >= 4 is 0 Å². The lowest BCUT2D eigenvalue weighted by Gasteiger charge is -2.57. The highest BCUT2D eigenvalue weighted by atomic mass is 14.6. The van der Waals surface area contributed by atoms with Gasteiger partial charge in [-0.05, 0) is 40.9 Å². The van der Waals surface area contributed by atoms with Crippen molar-refractivity contribution in [1.29, 1.82) is 0 Å². The summed E-state index contributed by atoms with van der Waals surface area (Å²) in [6.07, 6.45) is 10.0. The van der Waals surface area contributed by atoms with E-state index in [1.807, 2.05) is 0 Å². The minimum absolute atomic E-state index is 0.435. The van der Waals surface area contributed by atoms with Gasteiger partial charge in [-0.3, -0.25) is 0 Å². The lowest BCUT2D eigenvalue weighted by molar-refractivity contribution is -0.0758. The van der Waals surface area contributed by atoms with Gasteiger partial charge >= 0.3 is 0 Å². The van der Waals surface area contributed by atoms with Crippen LogP contribution in [0.15, 0.2) is 0 Å². The fourth-order valence-corrected chi connectivity index (χ4v) is 5.91. The molecular formula is C20H40. The van der Waals surface area contributed by atoms with Crippen LogP contribution in [-0.2, 0) is 0 Å². The fraction of sp³-hybridized carbons (Fsp3) is 1.00. The Morgan fingerprint density at radius 1 is 0.700 bits per heavy atom. The van der Waals surface area contributed by atoms with E-state index in [2.05, 4.69) is 55.4 Å². The Balaban J connectivity index is 3.27. The molecule has 120 valence electrons. The van der Waals surface area contributed by atoms with E-state index >= 15 is 0 Å². The van der Waals surface area contributed by atoms with Crippen LogP contribution in [0, 0.1) is 28.1 Å². The van der Waals surface area contributed by atoms with Crippen molar-refractivity contribution in [2.45, 2.75) is 100 Å². The minimum Gasteiger partial charge on any atom is -0.0651 e. The Bertz CT molecular complexity index is 256. The molecule has 2 atom stereocenters. The summed E-state index contributed by atoms with van der Waals surface area (Å²) in [7, 11) is 0. The first kappa shape index (κ1) is 18.1. The van der Waals surface area contributed by atoms with Crippen molar-refractivity contribution < 1.29 is 0 Å². The van der Waals surface area contributed by atoms with Gasteiger partial charge in [-0.1, -0.05) is 87.5 Å². The monoisotopic (exact) mass is 280 g/mol. The largest absolute Gasteiger partial charge is 0.0651 e. The molecule has 1 aliphatic rings. The molecule has 0 radical (unpaired) electrons. The van der Waals surface area contributed by atoms with Crippen LogP contribution in [0.2, 0.25) is 0 Å². The summed E-state index contributed by atoms with van der Waals surface area (Å²) >= 11 is 0. The molecule has 0 saturated heterocycles. The molecule has 0 heteroatoms. The van der Waals surface area contributed by atoms with Crippen molar-refractivity contribution in [3.05, 3.63) is 0 Å². The van der Waals surface area contributed by atoms with Crippen LogP contribution in [0.5, 0.6) is 0 Å². The molecule has 0 aliphatic heterocycles. The summed E-state index contributed by atoms with van der Waals surface area (Å²) < 4.78 is 0. The summed E-state index contributed by atoms with van der Waals surface area (Å²) in [5.41, 5.74) is 1.45. The summed E-state index contributed by atoms with van der Waals surface area (Å²) in [6, 6.07) is 0. The molecule has 1 saturated carbocycles. The molecule has 0 bridgehead atoms. The topological polar surface area (TPSA) is 0 Å². The maximum Gasteiger partial charge on any atom is -0.0231 e. The zero-order valence-corrected chi connectivity index (χ0v) is 15.6. The van der Waals surface area contributed by atoms with Crippen LogP contribution in [0.25, 0.3) is 0 Å². The van der Waals surface area contributed by atoms with Crippen molar-refractivity contribution in [1.82, 2.24) is 0 Å². The molecule has 0 aromatic heterocycles. The molecule has 0 aromatic carbocycles. The first-order chi connectivity index (χ1) is 9.09. The fourth-order valence-electron chi connectivity index (χ4n) is 5.91. The van der Waals surface area contributed by atoms with Gasteiger partial charge in [-0.2, -0.15) is 0 Å². The molecule has 1 rings (SSSR count). The Morgan fingerprint density at radius 2 is 1.05 bits per heavy atom. The molecule has 0 N–H and O–H groups in total. The maximum absolute atomic E-state index is 2.48. The van der Waals surface area contributed by atoms with Gasteiger partial charge < -0.3 is 0 Å². The van der Waals surface area contributed by atoms with Gasteiger partial charge in [0.15, 0.2) is 0 Å². The van der Waals surface area contributed by atoms with Gasteiger partial charge in [0.2, 0.25) is 0 Å². The van der Waals surface area contributed by atoms with Crippen LogP contribution in [-0.4, -0.2) is 0 Å². The summed E-state index contributed by atoms with van der Waals surface area (Å²) in [5, 5.41) is 0. The molecule has 0 heterocycles. The second-order valence-electron chi connectivity index (χ2n) is 9.45. The van der Waals surface area contributed by atoms with E-state index in [0.29, 0.717) is 16.2 Å². The molecule has 1 fully saturated rings. The van der Waals surface area contributed by atoms with Gasteiger partial charge in [0.25, 0.3) is 0 Å². The zero-order chi connectivity index (χ0) is 15.6. The van der Waals surface area contributed by atoms with Crippen LogP contribution in [0.3, 0.4) is 0 Å². The Kier molecular flexibility index (Phi) is 5.78. The van der Waals surface area contributed by atoms with Crippen LogP contribution in [0.1, 0.15) is 100 Å². The van der Waals surface area contributed by atoms with Crippen molar-refractivity contribution in [3.63, 3.8) is 0 Å². The Morgan fingerprint density at radius 3 is 1.30 bits per heavy atom. The molecule has 2 unspecified atom stereocenters. The third kappa shape index (κ3) is 3.60. The van der Waals surface area contributed by atoms with E-state index in [-0.39, 0.29) is 0 Å². The molecule has 0 spiro atoms. The van der Waals surface area contributed by atoms with Gasteiger partial charge in [0, 0.05) is 0 Å². The lowest BCUT2D eigenvalue weighted by Crippen LogP contribution is -2.49. The quantitative estimate of drug-likeness (QED) is 0.516. The molecule has 0 amide bonds. The predicted molar refractivity (Wildman–Crippen MR) is 92.0 cm³/mol. The molecule has 0 nitrogen and oxygen atoms in total. The van der Waals surface area contributed by atoms with E-state index in [4.69, 9.17) is 0 Å². The normalized spacial score (nSPS) is 23.4. The average Bonchev–Trinajstić information content (AvgIpc) is 2.27. The highest BCUT2D eigenvalue weighted by Gasteiger charge is 2.51. The summed E-state index contributed by atoms with van der Waals surface area (Å²) in [4.78, 5) is 0. The van der Waals surface area contributed by atoms with Gasteiger partial charge in [0.1, 0.15) is 0 Å². The first-order valence-corrected chi connectivity index (χ1v) is 9.09. The predicted octanol–water partition coefficient (Wildman–Crippen LogP) is 7.08. The first-order valence-electron chi connectivity index (χ1n) is 9.09. The third-order valence-electron chi connectivity index (χ3n) is 6.08. The SMILES string of the molecule is CCC(C(C)(C)C)C1(C(CC)C(C)(C)C)CCCCC1. The van der Waals surface area contributed by atoms with Gasteiger partial charge in [-0.15, -0.1) is 0 Å². The highest BCUT2D eigenvalue weighted by molar-refractivity contribution is 5.00. The Labute approximate surface area is 129 Å². The zero-order valence-electron chi connectivity index (χ0n) is 15.6. The van der Waals surface area contributed by atoms with Gasteiger partial charge in [-0.25, -0.2) is 0 Å². The molecular weight excluding hydrogens is 240 g/mol. The maximum atomic E-state index is 2.48. The minimum atomic E-state index is 0.435. The van der Waals surface area contributed by atoms with E-state index in [0.717, 1.165) is 11.8 Å². The van der Waals surface area contributed by atoms with Crippen molar-refractivity contribution in [2.24, 2.45) is 28.1 Å². The van der Waals surface area contributed by atoms with E-state index in [1.54, 1.807) is 0 Å². The number of hydrogen-bond donors (Lipinski definition) is 0. The third-order valence-corrected chi connectivity index (χ3v) is 6.08. The smallest absolute Gasteiger partial charge is 0.0231 e. The van der Waals surface area contributed by atoms with Crippen molar-refractivity contribution in [2.75, 3.05) is 0 Å². The standard InChI is InChI=1S/C20H40/c1-9-16(18(3,4)5)20(14-12-11-13-15-20)17(10-2)19(6,7)8/h16-17H,9-15H2,1-8H3. The van der Waals surface area contributed by atoms with Crippen LogP contribution in [0.4, 0.5) is 0 Å². The van der Waals surface area contributed by atoms with E-state index in [9.17, 15) is 0 Å². The van der Waals surface area contributed by atoms with E-state index in [1.165, 1.54) is 44.9 Å². The number of rotatable bonds is 4. The summed E-state index contributed by atoms with van der Waals surface area (Å²) in [6.45, 7) is 19.7. The Hall–Kier alpha value is 0. The summed E-state index contributed by atoms with van der Waals surface area (Å²) in [5.74, 6) is 1.72. The molecule has 1 aliphatic carbocycles. The second-order valence-corrected chi connectivity index (χ2v) is 9.45. The van der Waals surface area contributed by atoms with Gasteiger partial charge in [0.05, 0.1) is 0 Å². The molecule has 20 heavy (non-hydrogen) atoms. The van der Waals surface area contributed by atoms with E-state index < -0.39 is 0 Å². The highest BCUT2D eigenvalue weighted by Crippen LogP contribution is 2.59. The van der Waals surface area contributed by atoms with Crippen LogP contribution < -0.4 is 0 Å². The molecule has 0 aromatic rings. The lowest BCUT2D eigenvalue weighted by atomic mass is 9.48. The second kappa shape index (κ2) is 6.41. The number of hydrogen-bond acceptors (Lipinski definition) is 0. The van der Waals surface area contributed by atoms with Crippen molar-refractivity contribution in [3.8, 4) is 0 Å².